The van der Waals surface area contributed by atoms with Gasteiger partial charge in [0.15, 0.2) is 5.16 Å². The average Bonchev–Trinajstić information content (AvgIpc) is 3.63. The van der Waals surface area contributed by atoms with E-state index in [0.717, 1.165) is 42.6 Å². The van der Waals surface area contributed by atoms with Gasteiger partial charge < -0.3 is 15.0 Å². The van der Waals surface area contributed by atoms with E-state index in [4.69, 9.17) is 4.74 Å². The molecule has 2 fully saturated rings. The lowest BCUT2D eigenvalue weighted by Gasteiger charge is -2.28. The number of hydrogen-bond acceptors (Lipinski definition) is 6. The van der Waals surface area contributed by atoms with Gasteiger partial charge in [0.1, 0.15) is 11.0 Å². The summed E-state index contributed by atoms with van der Waals surface area (Å²) in [7, 11) is 0. The minimum Gasteiger partial charge on any atom is -0.492 e. The zero-order chi connectivity index (χ0) is 23.3. The number of rotatable bonds is 9. The van der Waals surface area contributed by atoms with Gasteiger partial charge in [0.05, 0.1) is 12.3 Å². The molecular weight excluding hydrogens is 446 g/mol. The van der Waals surface area contributed by atoms with Crippen molar-refractivity contribution in [2.24, 2.45) is 0 Å². The van der Waals surface area contributed by atoms with Crippen LogP contribution in [-0.4, -0.2) is 40.4 Å². The summed E-state index contributed by atoms with van der Waals surface area (Å²) in [5.74, 6) is 1.52. The van der Waals surface area contributed by atoms with E-state index in [-0.39, 0.29) is 5.91 Å². The van der Waals surface area contributed by atoms with Crippen molar-refractivity contribution in [1.29, 1.82) is 0 Å². The second-order valence-corrected chi connectivity index (χ2v) is 9.83. The Balaban J connectivity index is 1.44. The van der Waals surface area contributed by atoms with E-state index in [2.05, 4.69) is 25.0 Å². The van der Waals surface area contributed by atoms with E-state index < -0.39 is 5.25 Å². The second kappa shape index (κ2) is 10.5. The number of nitrogens with one attached hydrogen (secondary N) is 1. The maximum absolute atomic E-state index is 13.6. The molecule has 7 nitrogen and oxygen atoms in total. The van der Waals surface area contributed by atoms with Crippen LogP contribution in [0.25, 0.3) is 0 Å². The van der Waals surface area contributed by atoms with Crippen molar-refractivity contribution in [2.75, 3.05) is 29.9 Å². The quantitative estimate of drug-likeness (QED) is 0.412. The van der Waals surface area contributed by atoms with Gasteiger partial charge in [-0.05, 0) is 56.7 Å². The molecular formula is C26H31N5O2S. The van der Waals surface area contributed by atoms with Gasteiger partial charge in [-0.3, -0.25) is 9.36 Å². The maximum Gasteiger partial charge on any atom is 0.242 e. The Hall–Kier alpha value is -3.00. The molecule has 178 valence electrons. The van der Waals surface area contributed by atoms with Crippen LogP contribution in [0.1, 0.15) is 55.9 Å². The van der Waals surface area contributed by atoms with Crippen molar-refractivity contribution in [2.45, 2.75) is 55.5 Å². The van der Waals surface area contributed by atoms with Gasteiger partial charge in [-0.1, -0.05) is 54.2 Å². The van der Waals surface area contributed by atoms with Gasteiger partial charge in [-0.25, -0.2) is 0 Å². The third-order valence-electron chi connectivity index (χ3n) is 6.21. The van der Waals surface area contributed by atoms with Crippen molar-refractivity contribution in [3.63, 3.8) is 0 Å². The van der Waals surface area contributed by atoms with Crippen LogP contribution < -0.4 is 15.0 Å². The number of amides is 1. The molecule has 2 aliphatic rings. The van der Waals surface area contributed by atoms with Crippen molar-refractivity contribution in [3.8, 4) is 5.75 Å². The monoisotopic (exact) mass is 477 g/mol. The van der Waals surface area contributed by atoms with Crippen LogP contribution in [0.5, 0.6) is 5.75 Å². The lowest BCUT2D eigenvalue weighted by molar-refractivity contribution is -0.115. The fourth-order valence-electron chi connectivity index (χ4n) is 4.37. The standard InChI is InChI=1S/C26H31N5O2S/c1-2-33-22-14-8-7-13-21(22)27-24(32)23(19-11-5-3-6-12-19)34-26-29-28-25(31(26)20-15-16-20)30-17-9-4-10-18-30/h3,5-8,11-14,20,23H,2,4,9-10,15-18H2,1H3,(H,27,32). The van der Waals surface area contributed by atoms with Crippen LogP contribution in [0.15, 0.2) is 59.8 Å². The number of anilines is 2. The molecule has 2 aromatic carbocycles. The van der Waals surface area contributed by atoms with Crippen LogP contribution >= 0.6 is 11.8 Å². The SMILES string of the molecule is CCOc1ccccc1NC(=O)C(Sc1nnc(N2CCCCC2)n1C1CC1)c1ccccc1. The Morgan fingerprint density at radius 2 is 1.79 bits per heavy atom. The highest BCUT2D eigenvalue weighted by atomic mass is 32.2. The molecule has 2 heterocycles. The normalized spacial score (nSPS) is 16.8. The Morgan fingerprint density at radius 1 is 1.06 bits per heavy atom. The highest BCUT2D eigenvalue weighted by molar-refractivity contribution is 8.00. The highest BCUT2D eigenvalue weighted by Gasteiger charge is 2.34. The molecule has 1 aliphatic carbocycles. The summed E-state index contributed by atoms with van der Waals surface area (Å²) >= 11 is 1.48. The van der Waals surface area contributed by atoms with Crippen molar-refractivity contribution >= 4 is 29.3 Å². The summed E-state index contributed by atoms with van der Waals surface area (Å²) in [5.41, 5.74) is 1.61. The molecule has 1 aliphatic heterocycles. The molecule has 0 radical (unpaired) electrons. The summed E-state index contributed by atoms with van der Waals surface area (Å²) in [4.78, 5) is 16.0. The van der Waals surface area contributed by atoms with E-state index >= 15 is 0 Å². The summed E-state index contributed by atoms with van der Waals surface area (Å²) in [6, 6.07) is 17.9. The Labute approximate surface area is 204 Å². The molecule has 0 spiro atoms. The first-order valence-electron chi connectivity index (χ1n) is 12.2. The molecule has 1 aromatic heterocycles. The minimum absolute atomic E-state index is 0.103. The summed E-state index contributed by atoms with van der Waals surface area (Å²) in [6.07, 6.45) is 5.92. The largest absolute Gasteiger partial charge is 0.492 e. The average molecular weight is 478 g/mol. The zero-order valence-corrected chi connectivity index (χ0v) is 20.3. The first-order chi connectivity index (χ1) is 16.7. The van der Waals surface area contributed by atoms with Crippen LogP contribution in [0, 0.1) is 0 Å². The minimum atomic E-state index is -0.466. The Kier molecular flexibility index (Phi) is 7.04. The number of benzene rings is 2. The third kappa shape index (κ3) is 5.06. The number of thioether (sulfide) groups is 1. The van der Waals surface area contributed by atoms with Crippen LogP contribution in [0.3, 0.4) is 0 Å². The van der Waals surface area contributed by atoms with E-state index in [9.17, 15) is 4.79 Å². The van der Waals surface area contributed by atoms with Crippen LogP contribution in [-0.2, 0) is 4.79 Å². The molecule has 3 aromatic rings. The van der Waals surface area contributed by atoms with Gasteiger partial charge in [0, 0.05) is 19.1 Å². The lowest BCUT2D eigenvalue weighted by Crippen LogP contribution is -2.32. The van der Waals surface area contributed by atoms with Crippen molar-refractivity contribution < 1.29 is 9.53 Å². The number of carbonyl (C=O) groups is 1. The van der Waals surface area contributed by atoms with Gasteiger partial charge in [-0.2, -0.15) is 0 Å². The van der Waals surface area contributed by atoms with E-state index in [1.807, 2.05) is 61.5 Å². The summed E-state index contributed by atoms with van der Waals surface area (Å²) in [6.45, 7) is 4.51. The molecule has 1 atom stereocenters. The van der Waals surface area contributed by atoms with Crippen LogP contribution in [0.2, 0.25) is 0 Å². The summed E-state index contributed by atoms with van der Waals surface area (Å²) in [5, 5.41) is 12.6. The number of aromatic nitrogens is 3. The fraction of sp³-hybridized carbons (Fsp3) is 0.423. The fourth-order valence-corrected chi connectivity index (χ4v) is 5.47. The van der Waals surface area contributed by atoms with E-state index in [0.29, 0.717) is 24.1 Å². The Morgan fingerprint density at radius 3 is 2.53 bits per heavy atom. The first-order valence-corrected chi connectivity index (χ1v) is 13.1. The number of piperidine rings is 1. The van der Waals surface area contributed by atoms with Crippen LogP contribution in [0.4, 0.5) is 11.6 Å². The number of para-hydroxylation sites is 2. The predicted molar refractivity (Wildman–Crippen MR) is 136 cm³/mol. The molecule has 1 unspecified atom stereocenters. The number of ether oxygens (including phenoxy) is 1. The number of carbonyl (C=O) groups excluding carboxylic acids is 1. The maximum atomic E-state index is 13.6. The molecule has 1 saturated carbocycles. The zero-order valence-electron chi connectivity index (χ0n) is 19.5. The molecule has 1 N–H and O–H groups in total. The van der Waals surface area contributed by atoms with E-state index in [1.165, 1.54) is 31.0 Å². The van der Waals surface area contributed by atoms with Gasteiger partial charge in [0.25, 0.3) is 0 Å². The Bertz CT molecular complexity index is 1110. The van der Waals surface area contributed by atoms with Crippen molar-refractivity contribution in [3.05, 3.63) is 60.2 Å². The molecule has 0 bridgehead atoms. The lowest BCUT2D eigenvalue weighted by atomic mass is 10.1. The molecule has 1 saturated heterocycles. The molecule has 5 rings (SSSR count). The molecule has 34 heavy (non-hydrogen) atoms. The van der Waals surface area contributed by atoms with Gasteiger partial charge >= 0.3 is 0 Å². The third-order valence-corrected chi connectivity index (χ3v) is 7.42. The van der Waals surface area contributed by atoms with Gasteiger partial charge in [0.2, 0.25) is 11.9 Å². The second-order valence-electron chi connectivity index (χ2n) is 8.76. The van der Waals surface area contributed by atoms with Crippen molar-refractivity contribution in [1.82, 2.24) is 14.8 Å². The smallest absolute Gasteiger partial charge is 0.242 e. The number of hydrogen-bond donors (Lipinski definition) is 1. The number of nitrogens with zero attached hydrogens (tertiary/aromatic N) is 4. The highest BCUT2D eigenvalue weighted by Crippen LogP contribution is 2.44. The molecule has 8 heteroatoms. The summed E-state index contributed by atoms with van der Waals surface area (Å²) < 4.78 is 7.99. The predicted octanol–water partition coefficient (Wildman–Crippen LogP) is 5.47. The van der Waals surface area contributed by atoms with E-state index in [1.54, 1.807) is 0 Å². The van der Waals surface area contributed by atoms with Gasteiger partial charge in [-0.15, -0.1) is 10.2 Å². The molecule has 1 amide bonds. The first kappa shape index (κ1) is 22.8. The topological polar surface area (TPSA) is 72.3 Å².